The number of fused-ring (bicyclic) bond motifs is 1. The van der Waals surface area contributed by atoms with Crippen LogP contribution in [0.25, 0.3) is 0 Å². The van der Waals surface area contributed by atoms with Gasteiger partial charge in [-0.25, -0.2) is 0 Å². The minimum Gasteiger partial charge on any atom is -0.493 e. The molecule has 0 spiro atoms. The Labute approximate surface area is 142 Å². The molecular weight excluding hydrogens is 310 g/mol. The lowest BCUT2D eigenvalue weighted by Crippen LogP contribution is -2.55. The van der Waals surface area contributed by atoms with Crippen molar-refractivity contribution in [2.45, 2.75) is 38.4 Å². The number of benzene rings is 1. The summed E-state index contributed by atoms with van der Waals surface area (Å²) in [6, 6.07) is 4.17. The van der Waals surface area contributed by atoms with Gasteiger partial charge in [0.15, 0.2) is 11.5 Å². The van der Waals surface area contributed by atoms with Crippen LogP contribution in [0.15, 0.2) is 12.1 Å². The zero-order valence-electron chi connectivity index (χ0n) is 14.5. The topological polar surface area (TPSA) is 68.1 Å². The molecule has 132 valence electrons. The molecule has 7 heteroatoms. The standard InChI is InChI=1S/C17H25N3O4/c1-12-14-5-4-6-18(14)7-8-19(12)11-13-9-16(23-2)17(24-3)10-15(13)20(21)22/h9-10,12,14H,4-8,11H2,1-3H3/t12-,14-/m0/s1. The van der Waals surface area contributed by atoms with Crippen LogP contribution < -0.4 is 9.47 Å². The highest BCUT2D eigenvalue weighted by atomic mass is 16.6. The zero-order chi connectivity index (χ0) is 17.3. The molecule has 0 N–H and O–H groups in total. The van der Waals surface area contributed by atoms with Crippen LogP contribution in [-0.4, -0.2) is 60.7 Å². The average molecular weight is 335 g/mol. The Bertz CT molecular complexity index is 622. The van der Waals surface area contributed by atoms with Crippen LogP contribution in [0.2, 0.25) is 0 Å². The SMILES string of the molecule is COc1cc(CN2CCN3CCC[C@H]3[C@@H]2C)c([N+](=O)[O-])cc1OC. The first kappa shape index (κ1) is 17.0. The zero-order valence-corrected chi connectivity index (χ0v) is 14.5. The third-order valence-electron chi connectivity index (χ3n) is 5.38. The Morgan fingerprint density at radius 3 is 2.58 bits per heavy atom. The van der Waals surface area contributed by atoms with E-state index < -0.39 is 0 Å². The van der Waals surface area contributed by atoms with E-state index in [-0.39, 0.29) is 10.6 Å². The molecule has 0 amide bonds. The first-order valence-corrected chi connectivity index (χ1v) is 8.42. The van der Waals surface area contributed by atoms with Gasteiger partial charge >= 0.3 is 0 Å². The highest BCUT2D eigenvalue weighted by Crippen LogP contribution is 2.36. The Morgan fingerprint density at radius 1 is 1.21 bits per heavy atom. The van der Waals surface area contributed by atoms with Gasteiger partial charge in [0.1, 0.15) is 0 Å². The number of nitro benzene ring substituents is 1. The van der Waals surface area contributed by atoms with Gasteiger partial charge in [0, 0.05) is 37.3 Å². The third kappa shape index (κ3) is 3.06. The smallest absolute Gasteiger partial charge is 0.277 e. The van der Waals surface area contributed by atoms with Crippen molar-refractivity contribution >= 4 is 5.69 Å². The highest BCUT2D eigenvalue weighted by molar-refractivity contribution is 5.54. The lowest BCUT2D eigenvalue weighted by molar-refractivity contribution is -0.385. The van der Waals surface area contributed by atoms with E-state index in [9.17, 15) is 10.1 Å². The Hall–Kier alpha value is -1.86. The number of hydrogen-bond acceptors (Lipinski definition) is 6. The first-order valence-electron chi connectivity index (χ1n) is 8.42. The molecule has 7 nitrogen and oxygen atoms in total. The maximum Gasteiger partial charge on any atom is 0.277 e. The maximum absolute atomic E-state index is 11.5. The summed E-state index contributed by atoms with van der Waals surface area (Å²) in [6.07, 6.45) is 2.46. The fourth-order valence-corrected chi connectivity index (χ4v) is 4.03. The summed E-state index contributed by atoms with van der Waals surface area (Å²) >= 11 is 0. The van der Waals surface area contributed by atoms with Crippen LogP contribution in [-0.2, 0) is 6.54 Å². The summed E-state index contributed by atoms with van der Waals surface area (Å²) in [4.78, 5) is 16.0. The van der Waals surface area contributed by atoms with Crippen LogP contribution in [0.3, 0.4) is 0 Å². The number of methoxy groups -OCH3 is 2. The van der Waals surface area contributed by atoms with Crippen molar-refractivity contribution in [1.29, 1.82) is 0 Å². The van der Waals surface area contributed by atoms with Crippen molar-refractivity contribution in [2.24, 2.45) is 0 Å². The van der Waals surface area contributed by atoms with Crippen LogP contribution >= 0.6 is 0 Å². The summed E-state index contributed by atoms with van der Waals surface area (Å²) in [5.74, 6) is 0.923. The second-order valence-electron chi connectivity index (χ2n) is 6.55. The molecule has 2 heterocycles. The van der Waals surface area contributed by atoms with E-state index in [1.54, 1.807) is 13.2 Å². The van der Waals surface area contributed by atoms with Gasteiger partial charge in [0.2, 0.25) is 0 Å². The fourth-order valence-electron chi connectivity index (χ4n) is 4.03. The molecule has 1 aromatic carbocycles. The Kier molecular flexibility index (Phi) is 4.91. The summed E-state index contributed by atoms with van der Waals surface area (Å²) in [5.41, 5.74) is 0.768. The molecule has 2 aliphatic heterocycles. The lowest BCUT2D eigenvalue weighted by Gasteiger charge is -2.43. The molecule has 3 rings (SSSR count). The molecule has 24 heavy (non-hydrogen) atoms. The van der Waals surface area contributed by atoms with E-state index in [1.165, 1.54) is 32.6 Å². The summed E-state index contributed by atoms with van der Waals surface area (Å²) in [6.45, 7) is 5.94. The van der Waals surface area contributed by atoms with Gasteiger partial charge in [-0.15, -0.1) is 0 Å². The van der Waals surface area contributed by atoms with E-state index in [4.69, 9.17) is 9.47 Å². The molecule has 0 aliphatic carbocycles. The van der Waals surface area contributed by atoms with Crippen molar-refractivity contribution in [3.8, 4) is 11.5 Å². The second-order valence-corrected chi connectivity index (χ2v) is 6.55. The summed E-state index contributed by atoms with van der Waals surface area (Å²) < 4.78 is 10.5. The molecule has 2 atom stereocenters. The quantitative estimate of drug-likeness (QED) is 0.607. The van der Waals surface area contributed by atoms with Crippen molar-refractivity contribution in [2.75, 3.05) is 33.9 Å². The van der Waals surface area contributed by atoms with Gasteiger partial charge in [0.05, 0.1) is 25.2 Å². The van der Waals surface area contributed by atoms with Gasteiger partial charge in [0.25, 0.3) is 5.69 Å². The molecule has 2 fully saturated rings. The second kappa shape index (κ2) is 6.94. The number of nitro groups is 1. The fraction of sp³-hybridized carbons (Fsp3) is 0.647. The molecule has 0 unspecified atom stereocenters. The Morgan fingerprint density at radius 2 is 1.92 bits per heavy atom. The molecule has 2 aliphatic rings. The number of rotatable bonds is 5. The van der Waals surface area contributed by atoms with Crippen LogP contribution in [0.4, 0.5) is 5.69 Å². The molecule has 2 saturated heterocycles. The van der Waals surface area contributed by atoms with Gasteiger partial charge in [-0.1, -0.05) is 0 Å². The predicted molar refractivity (Wildman–Crippen MR) is 90.7 cm³/mol. The lowest BCUT2D eigenvalue weighted by atomic mass is 10.0. The monoisotopic (exact) mass is 335 g/mol. The minimum atomic E-state index is -0.340. The van der Waals surface area contributed by atoms with Crippen molar-refractivity contribution < 1.29 is 14.4 Å². The number of hydrogen-bond donors (Lipinski definition) is 0. The average Bonchev–Trinajstić information content (AvgIpc) is 3.06. The van der Waals surface area contributed by atoms with Crippen LogP contribution in [0, 0.1) is 10.1 Å². The molecule has 0 bridgehead atoms. The molecule has 0 aromatic heterocycles. The van der Waals surface area contributed by atoms with Crippen molar-refractivity contribution in [3.05, 3.63) is 27.8 Å². The van der Waals surface area contributed by atoms with Crippen LogP contribution in [0.1, 0.15) is 25.3 Å². The highest BCUT2D eigenvalue weighted by Gasteiger charge is 2.37. The minimum absolute atomic E-state index is 0.0914. The molecule has 1 aromatic rings. The van der Waals surface area contributed by atoms with Crippen molar-refractivity contribution in [3.63, 3.8) is 0 Å². The van der Waals surface area contributed by atoms with E-state index in [0.717, 1.165) is 13.1 Å². The normalized spacial score (nSPS) is 24.6. The van der Waals surface area contributed by atoms with E-state index >= 15 is 0 Å². The predicted octanol–water partition coefficient (Wildman–Crippen LogP) is 2.28. The Balaban J connectivity index is 1.87. The molecule has 0 radical (unpaired) electrons. The molecule has 0 saturated carbocycles. The number of piperazine rings is 1. The first-order chi connectivity index (χ1) is 11.5. The van der Waals surface area contributed by atoms with Crippen molar-refractivity contribution in [1.82, 2.24) is 9.80 Å². The van der Waals surface area contributed by atoms with Gasteiger partial charge < -0.3 is 9.47 Å². The van der Waals surface area contributed by atoms with Gasteiger partial charge in [-0.05, 0) is 32.4 Å². The van der Waals surface area contributed by atoms with E-state index in [0.29, 0.717) is 35.7 Å². The van der Waals surface area contributed by atoms with E-state index in [2.05, 4.69) is 16.7 Å². The van der Waals surface area contributed by atoms with Crippen LogP contribution in [0.5, 0.6) is 11.5 Å². The van der Waals surface area contributed by atoms with Gasteiger partial charge in [-0.2, -0.15) is 0 Å². The number of ether oxygens (including phenoxy) is 2. The number of nitrogens with zero attached hydrogens (tertiary/aromatic N) is 3. The summed E-state index contributed by atoms with van der Waals surface area (Å²) in [5, 5.41) is 11.5. The third-order valence-corrected chi connectivity index (χ3v) is 5.38. The maximum atomic E-state index is 11.5. The largest absolute Gasteiger partial charge is 0.493 e. The summed E-state index contributed by atoms with van der Waals surface area (Å²) in [7, 11) is 3.04. The van der Waals surface area contributed by atoms with E-state index in [1.807, 2.05) is 0 Å². The van der Waals surface area contributed by atoms with Gasteiger partial charge in [-0.3, -0.25) is 19.9 Å². The molecular formula is C17H25N3O4.